The average molecular weight is 791 g/mol. The van der Waals surface area contributed by atoms with Crippen LogP contribution in [0.1, 0.15) is 77.0 Å². The van der Waals surface area contributed by atoms with Crippen LogP contribution in [0.15, 0.2) is 85.7 Å². The summed E-state index contributed by atoms with van der Waals surface area (Å²) in [6.07, 6.45) is 15.7. The van der Waals surface area contributed by atoms with E-state index in [0.29, 0.717) is 29.2 Å². The summed E-state index contributed by atoms with van der Waals surface area (Å²) < 4.78 is 13.3. The zero-order valence-corrected chi connectivity index (χ0v) is 33.9. The van der Waals surface area contributed by atoms with Gasteiger partial charge in [0.1, 0.15) is 0 Å². The number of nitrogens with zero attached hydrogens (tertiary/aromatic N) is 8. The number of anilines is 3. The minimum Gasteiger partial charge on any atom is -0.870 e. The van der Waals surface area contributed by atoms with E-state index in [1.165, 1.54) is 39.9 Å². The first kappa shape index (κ1) is 45.2. The van der Waals surface area contributed by atoms with E-state index in [0.717, 1.165) is 45.0 Å². The summed E-state index contributed by atoms with van der Waals surface area (Å²) in [5.74, 6) is -0.206. The normalized spacial score (nSPS) is 12.4. The van der Waals surface area contributed by atoms with Gasteiger partial charge in [0.15, 0.2) is 0 Å². The number of halogens is 1. The molecule has 0 amide bonds. The molecule has 0 aliphatic heterocycles. The van der Waals surface area contributed by atoms with E-state index in [1.807, 2.05) is 47.7 Å². The summed E-state index contributed by atoms with van der Waals surface area (Å²) in [5.41, 5.74) is 13.3. The number of hydrogen-bond acceptors (Lipinski definition) is 13. The number of ether oxygens (including phenoxy) is 2. The predicted molar refractivity (Wildman–Crippen MR) is 209 cm³/mol. The summed E-state index contributed by atoms with van der Waals surface area (Å²) in [7, 11) is 2.72. The Morgan fingerprint density at radius 2 is 1.20 bits per heavy atom. The van der Waals surface area contributed by atoms with Crippen LogP contribution in [0, 0.1) is 13.8 Å². The first-order valence-corrected chi connectivity index (χ1v) is 17.3. The van der Waals surface area contributed by atoms with E-state index in [-0.39, 0.29) is 59.7 Å². The second-order valence-corrected chi connectivity index (χ2v) is 12.9. The molecule has 0 spiro atoms. The van der Waals surface area contributed by atoms with Crippen LogP contribution in [0.25, 0.3) is 22.5 Å². The molecule has 17 heteroatoms. The molecule has 4 N–H and O–H groups in total. The molecule has 0 unspecified atom stereocenters. The standard InChI is InChI=1S/C19H19N5O2.C13H11ClN2O2.C6H9N3.CH4.Na.H2O/c1-12-9-20-19(22-15-10-21-24(11-15)16-7-8-16)23-17(12)13-3-5-14(6-4-13)18(25)26-2;1-8-7-15-13(14)16-11(8)9-3-5-10(6-4-9)12(17)18-2;7-5-3-8-9(4-5)6-1-2-6;;;/h3-6,9-11,16H,7-8H2,1-2H3,(H,20,22,23);3-7H,1-2H3;3-4,6H,1-2,7H2;1H4;;1H2/q;;;;+1;/p-1. The molecule has 4 aromatic heterocycles. The molecule has 8 rings (SSSR count). The van der Waals surface area contributed by atoms with E-state index in [4.69, 9.17) is 22.1 Å². The number of hydrogen-bond donors (Lipinski definition) is 2. The summed E-state index contributed by atoms with van der Waals surface area (Å²) in [4.78, 5) is 39.9. The van der Waals surface area contributed by atoms with Crippen LogP contribution < -0.4 is 40.6 Å². The molecule has 2 saturated carbocycles. The predicted octanol–water partition coefficient (Wildman–Crippen LogP) is 4.67. The fourth-order valence-electron chi connectivity index (χ4n) is 5.23. The van der Waals surface area contributed by atoms with Gasteiger partial charge in [0.05, 0.1) is 72.6 Å². The van der Waals surface area contributed by atoms with Crippen molar-refractivity contribution < 1.29 is 54.1 Å². The largest absolute Gasteiger partial charge is 1.00 e. The molecular weight excluding hydrogens is 747 g/mol. The Labute approximate surface area is 352 Å². The molecule has 4 heterocycles. The number of aryl methyl sites for hydroxylation is 2. The van der Waals surface area contributed by atoms with Crippen LogP contribution in [0.4, 0.5) is 17.3 Å². The number of methoxy groups -OCH3 is 2. The van der Waals surface area contributed by atoms with Gasteiger partial charge in [-0.2, -0.15) is 10.2 Å². The van der Waals surface area contributed by atoms with Gasteiger partial charge in [-0.25, -0.2) is 29.5 Å². The van der Waals surface area contributed by atoms with Crippen molar-refractivity contribution in [2.24, 2.45) is 0 Å². The molecule has 2 aliphatic carbocycles. The van der Waals surface area contributed by atoms with Gasteiger partial charge < -0.3 is 26.0 Å². The number of nitrogens with one attached hydrogen (secondary N) is 1. The van der Waals surface area contributed by atoms with Gasteiger partial charge in [-0.3, -0.25) is 9.36 Å². The van der Waals surface area contributed by atoms with Gasteiger partial charge >= 0.3 is 41.5 Å². The molecule has 0 saturated heterocycles. The number of nitrogens with two attached hydrogens (primary N) is 1. The maximum atomic E-state index is 11.6. The van der Waals surface area contributed by atoms with Crippen molar-refractivity contribution in [1.29, 1.82) is 0 Å². The Hall–Kier alpha value is -5.19. The molecule has 6 aromatic rings. The van der Waals surface area contributed by atoms with E-state index in [2.05, 4.69) is 40.2 Å². The quantitative estimate of drug-likeness (QED) is 0.122. The van der Waals surface area contributed by atoms with Gasteiger partial charge in [0.2, 0.25) is 11.2 Å². The Morgan fingerprint density at radius 1 is 0.732 bits per heavy atom. The second kappa shape index (κ2) is 20.6. The van der Waals surface area contributed by atoms with Crippen molar-refractivity contribution in [2.45, 2.75) is 59.0 Å². The molecule has 0 radical (unpaired) electrons. The van der Waals surface area contributed by atoms with Gasteiger partial charge in [0.25, 0.3) is 0 Å². The van der Waals surface area contributed by atoms with Gasteiger partial charge in [-0.05, 0) is 86.5 Å². The molecule has 2 aromatic carbocycles. The number of esters is 2. The fraction of sp³-hybridized carbons (Fsp3) is 0.282. The van der Waals surface area contributed by atoms with Crippen LogP contribution in [0.5, 0.6) is 0 Å². The van der Waals surface area contributed by atoms with Crippen LogP contribution >= 0.6 is 11.6 Å². The average Bonchev–Trinajstić information content (AvgIpc) is 4.13. The first-order valence-electron chi connectivity index (χ1n) is 16.9. The van der Waals surface area contributed by atoms with E-state index in [1.54, 1.807) is 61.2 Å². The molecule has 0 bridgehead atoms. The third-order valence-corrected chi connectivity index (χ3v) is 8.58. The van der Waals surface area contributed by atoms with Crippen LogP contribution in [-0.4, -0.2) is 71.1 Å². The minimum atomic E-state index is -0.362. The fourth-order valence-corrected chi connectivity index (χ4v) is 5.37. The number of carbonyl (C=O) groups is 2. The van der Waals surface area contributed by atoms with Crippen molar-refractivity contribution in [2.75, 3.05) is 25.3 Å². The summed E-state index contributed by atoms with van der Waals surface area (Å²) >= 11 is 5.77. The van der Waals surface area contributed by atoms with Crippen LogP contribution in [0.3, 0.4) is 0 Å². The minimum absolute atomic E-state index is 0. The van der Waals surface area contributed by atoms with Crippen molar-refractivity contribution in [1.82, 2.24) is 39.5 Å². The van der Waals surface area contributed by atoms with Gasteiger partial charge in [-0.1, -0.05) is 31.7 Å². The van der Waals surface area contributed by atoms with E-state index < -0.39 is 0 Å². The van der Waals surface area contributed by atoms with Crippen molar-refractivity contribution in [3.8, 4) is 22.5 Å². The molecule has 2 fully saturated rings. The Morgan fingerprint density at radius 3 is 1.66 bits per heavy atom. The molecular formula is C39H44ClN10NaO5. The van der Waals surface area contributed by atoms with E-state index in [9.17, 15) is 9.59 Å². The number of benzene rings is 2. The second-order valence-electron chi connectivity index (χ2n) is 12.6. The van der Waals surface area contributed by atoms with Gasteiger partial charge in [0, 0.05) is 35.9 Å². The molecule has 288 valence electrons. The van der Waals surface area contributed by atoms with Crippen LogP contribution in [-0.2, 0) is 9.47 Å². The van der Waals surface area contributed by atoms with Crippen molar-refractivity contribution in [3.05, 3.63) is 113 Å². The third-order valence-electron chi connectivity index (χ3n) is 8.39. The monoisotopic (exact) mass is 790 g/mol. The molecule has 15 nitrogen and oxygen atoms in total. The molecule has 0 atom stereocenters. The summed E-state index contributed by atoms with van der Waals surface area (Å²) in [6.45, 7) is 3.86. The molecule has 2 aliphatic rings. The Kier molecular flexibility index (Phi) is 16.7. The Balaban J connectivity index is 0.000000244. The zero-order valence-electron chi connectivity index (χ0n) is 31.2. The number of aromatic nitrogens is 8. The number of rotatable bonds is 8. The maximum Gasteiger partial charge on any atom is 1.00 e. The Bertz CT molecular complexity index is 2210. The van der Waals surface area contributed by atoms with E-state index >= 15 is 0 Å². The molecule has 56 heavy (non-hydrogen) atoms. The van der Waals surface area contributed by atoms with Crippen molar-refractivity contribution >= 4 is 40.9 Å². The first-order chi connectivity index (χ1) is 25.6. The van der Waals surface area contributed by atoms with Gasteiger partial charge in [-0.15, -0.1) is 0 Å². The number of carbonyl (C=O) groups excluding carboxylic acids is 2. The topological polar surface area (TPSA) is 208 Å². The van der Waals surface area contributed by atoms with Crippen molar-refractivity contribution in [3.63, 3.8) is 0 Å². The maximum absolute atomic E-state index is 11.6. The number of nitrogen functional groups attached to an aromatic ring is 1. The smallest absolute Gasteiger partial charge is 0.870 e. The van der Waals surface area contributed by atoms with Crippen LogP contribution in [0.2, 0.25) is 5.28 Å². The summed E-state index contributed by atoms with van der Waals surface area (Å²) in [5, 5.41) is 11.8. The zero-order chi connectivity index (χ0) is 37.5. The third kappa shape index (κ3) is 11.9. The SMILES string of the molecule is C.COC(=O)c1ccc(-c2nc(Cl)ncc2C)cc1.COC(=O)c1ccc(-c2nc(Nc3cnn(C4CC4)c3)ncc2C)cc1.Nc1cnn(C2CC2)c1.[Na+].[OH-]. The summed E-state index contributed by atoms with van der Waals surface area (Å²) in [6, 6.07) is 15.4.